The molecule has 2 saturated heterocycles. The first-order valence-corrected chi connectivity index (χ1v) is 6.17. The lowest BCUT2D eigenvalue weighted by molar-refractivity contribution is -0.150. The standard InChI is InChI=1S/C13H12N2O4/c16-10-6-5-9(11(17)14-10)15-12(18)7-3-1-2-4-8(7)13(15)19/h1-3,8-9H,4-6H2,(H,14,16,17). The Balaban J connectivity index is 1.90. The highest BCUT2D eigenvalue weighted by Gasteiger charge is 2.48. The van der Waals surface area contributed by atoms with E-state index < -0.39 is 23.8 Å². The first kappa shape index (κ1) is 11.8. The second-order valence-electron chi connectivity index (χ2n) is 4.82. The molecular weight excluding hydrogens is 248 g/mol. The molecule has 0 spiro atoms. The summed E-state index contributed by atoms with van der Waals surface area (Å²) in [5, 5.41) is 2.17. The lowest BCUT2D eigenvalue weighted by Crippen LogP contribution is -2.54. The van der Waals surface area contributed by atoms with Crippen molar-refractivity contribution in [2.75, 3.05) is 0 Å². The third-order valence-corrected chi connectivity index (χ3v) is 3.68. The first-order valence-electron chi connectivity index (χ1n) is 6.17. The zero-order chi connectivity index (χ0) is 13.6. The van der Waals surface area contributed by atoms with Gasteiger partial charge in [-0.1, -0.05) is 18.2 Å². The molecule has 0 aromatic carbocycles. The number of rotatable bonds is 1. The molecule has 2 unspecified atom stereocenters. The Hall–Kier alpha value is -2.24. The van der Waals surface area contributed by atoms with Crippen molar-refractivity contribution in [1.29, 1.82) is 0 Å². The minimum atomic E-state index is -0.857. The normalized spacial score (nSPS) is 30.3. The van der Waals surface area contributed by atoms with Gasteiger partial charge in [-0.15, -0.1) is 0 Å². The van der Waals surface area contributed by atoms with Gasteiger partial charge in [0.25, 0.3) is 5.91 Å². The van der Waals surface area contributed by atoms with E-state index in [9.17, 15) is 19.2 Å². The van der Waals surface area contributed by atoms with Crippen LogP contribution in [0.3, 0.4) is 0 Å². The smallest absolute Gasteiger partial charge is 0.257 e. The van der Waals surface area contributed by atoms with Crippen molar-refractivity contribution in [3.8, 4) is 0 Å². The molecule has 2 heterocycles. The Morgan fingerprint density at radius 2 is 2.00 bits per heavy atom. The molecule has 6 heteroatoms. The van der Waals surface area contributed by atoms with Crippen molar-refractivity contribution in [3.63, 3.8) is 0 Å². The number of fused-ring (bicyclic) bond motifs is 1. The number of piperidine rings is 1. The molecule has 0 radical (unpaired) electrons. The molecule has 6 nitrogen and oxygen atoms in total. The molecule has 0 saturated carbocycles. The van der Waals surface area contributed by atoms with Gasteiger partial charge in [0.2, 0.25) is 17.7 Å². The van der Waals surface area contributed by atoms with E-state index in [-0.39, 0.29) is 24.7 Å². The Labute approximate surface area is 109 Å². The molecule has 0 bridgehead atoms. The second-order valence-corrected chi connectivity index (χ2v) is 4.82. The van der Waals surface area contributed by atoms with Crippen LogP contribution in [0.15, 0.2) is 23.8 Å². The predicted octanol–water partition coefficient (Wildman–Crippen LogP) is -0.337. The number of imide groups is 2. The van der Waals surface area contributed by atoms with Gasteiger partial charge in [-0.05, 0) is 12.8 Å². The second kappa shape index (κ2) is 4.15. The molecule has 0 aromatic heterocycles. The average Bonchev–Trinajstić information content (AvgIpc) is 2.64. The summed E-state index contributed by atoms with van der Waals surface area (Å²) in [7, 11) is 0. The van der Waals surface area contributed by atoms with Crippen LogP contribution in [0.2, 0.25) is 0 Å². The summed E-state index contributed by atoms with van der Waals surface area (Å²) in [5.41, 5.74) is 0.442. The Kier molecular flexibility index (Phi) is 2.58. The van der Waals surface area contributed by atoms with Gasteiger partial charge in [0.15, 0.2) is 0 Å². The van der Waals surface area contributed by atoms with Crippen LogP contribution in [-0.4, -0.2) is 34.6 Å². The van der Waals surface area contributed by atoms with Gasteiger partial charge in [0.05, 0.1) is 5.92 Å². The van der Waals surface area contributed by atoms with Gasteiger partial charge in [-0.25, -0.2) is 0 Å². The van der Waals surface area contributed by atoms with Crippen LogP contribution >= 0.6 is 0 Å². The predicted molar refractivity (Wildman–Crippen MR) is 63.4 cm³/mol. The quantitative estimate of drug-likeness (QED) is 0.654. The van der Waals surface area contributed by atoms with Crippen molar-refractivity contribution in [2.45, 2.75) is 25.3 Å². The number of carbonyl (C=O) groups excluding carboxylic acids is 4. The summed E-state index contributed by atoms with van der Waals surface area (Å²) < 4.78 is 0. The maximum atomic E-state index is 12.2. The van der Waals surface area contributed by atoms with Gasteiger partial charge >= 0.3 is 0 Å². The van der Waals surface area contributed by atoms with E-state index in [1.54, 1.807) is 12.2 Å². The molecule has 3 rings (SSSR count). The van der Waals surface area contributed by atoms with E-state index in [0.29, 0.717) is 12.0 Å². The SMILES string of the molecule is O=C1CCC(N2C(=O)C3=CC=CCC3C2=O)C(=O)N1. The number of allylic oxidation sites excluding steroid dienone is 3. The summed E-state index contributed by atoms with van der Waals surface area (Å²) in [5.74, 6) is -2.14. The summed E-state index contributed by atoms with van der Waals surface area (Å²) in [6, 6.07) is -0.857. The third kappa shape index (κ3) is 1.71. The van der Waals surface area contributed by atoms with Gasteiger partial charge < -0.3 is 0 Å². The molecule has 0 aromatic rings. The summed E-state index contributed by atoms with van der Waals surface area (Å²) in [4.78, 5) is 48.4. The van der Waals surface area contributed by atoms with Crippen molar-refractivity contribution in [2.24, 2.45) is 5.92 Å². The van der Waals surface area contributed by atoms with E-state index in [1.165, 1.54) is 0 Å². The van der Waals surface area contributed by atoms with E-state index in [0.717, 1.165) is 4.90 Å². The summed E-state index contributed by atoms with van der Waals surface area (Å²) >= 11 is 0. The monoisotopic (exact) mass is 260 g/mol. The highest BCUT2D eigenvalue weighted by Crippen LogP contribution is 2.33. The van der Waals surface area contributed by atoms with E-state index in [4.69, 9.17) is 0 Å². The topological polar surface area (TPSA) is 83.6 Å². The van der Waals surface area contributed by atoms with Gasteiger partial charge in [-0.3, -0.25) is 29.4 Å². The number of nitrogens with zero attached hydrogens (tertiary/aromatic N) is 1. The number of likely N-dealkylation sites (tertiary alicyclic amines) is 1. The van der Waals surface area contributed by atoms with E-state index >= 15 is 0 Å². The molecule has 1 N–H and O–H groups in total. The minimum Gasteiger partial charge on any atom is -0.295 e. The summed E-state index contributed by atoms with van der Waals surface area (Å²) in [6.07, 6.45) is 6.03. The maximum Gasteiger partial charge on any atom is 0.257 e. The molecular formula is C13H12N2O4. The molecule has 2 aliphatic heterocycles. The fraction of sp³-hybridized carbons (Fsp3) is 0.385. The molecule has 19 heavy (non-hydrogen) atoms. The number of nitrogens with one attached hydrogen (secondary N) is 1. The van der Waals surface area contributed by atoms with Crippen LogP contribution in [0.25, 0.3) is 0 Å². The van der Waals surface area contributed by atoms with Crippen LogP contribution in [0.1, 0.15) is 19.3 Å². The third-order valence-electron chi connectivity index (χ3n) is 3.68. The Morgan fingerprint density at radius 3 is 2.68 bits per heavy atom. The van der Waals surface area contributed by atoms with Crippen LogP contribution in [0.4, 0.5) is 0 Å². The average molecular weight is 260 g/mol. The molecule has 3 aliphatic rings. The van der Waals surface area contributed by atoms with Gasteiger partial charge in [-0.2, -0.15) is 0 Å². The minimum absolute atomic E-state index is 0.148. The van der Waals surface area contributed by atoms with Crippen LogP contribution in [-0.2, 0) is 19.2 Å². The highest BCUT2D eigenvalue weighted by molar-refractivity contribution is 6.18. The van der Waals surface area contributed by atoms with Gasteiger partial charge in [0, 0.05) is 12.0 Å². The van der Waals surface area contributed by atoms with E-state index in [2.05, 4.69) is 5.32 Å². The van der Waals surface area contributed by atoms with Crippen LogP contribution in [0.5, 0.6) is 0 Å². The highest BCUT2D eigenvalue weighted by atomic mass is 16.2. The number of hydrogen-bond acceptors (Lipinski definition) is 4. The molecule has 2 atom stereocenters. The largest absolute Gasteiger partial charge is 0.295 e. The first-order chi connectivity index (χ1) is 9.09. The van der Waals surface area contributed by atoms with Crippen molar-refractivity contribution in [1.82, 2.24) is 10.2 Å². The lowest BCUT2D eigenvalue weighted by Gasteiger charge is -2.27. The van der Waals surface area contributed by atoms with Gasteiger partial charge in [0.1, 0.15) is 6.04 Å². The Morgan fingerprint density at radius 1 is 1.21 bits per heavy atom. The molecule has 4 amide bonds. The number of carbonyl (C=O) groups is 4. The summed E-state index contributed by atoms with van der Waals surface area (Å²) in [6.45, 7) is 0. The fourth-order valence-electron chi connectivity index (χ4n) is 2.71. The lowest BCUT2D eigenvalue weighted by atomic mass is 9.94. The van der Waals surface area contributed by atoms with Crippen molar-refractivity contribution < 1.29 is 19.2 Å². The van der Waals surface area contributed by atoms with Crippen LogP contribution < -0.4 is 5.32 Å². The van der Waals surface area contributed by atoms with E-state index in [1.807, 2.05) is 6.08 Å². The number of hydrogen-bond donors (Lipinski definition) is 1. The molecule has 1 aliphatic carbocycles. The van der Waals surface area contributed by atoms with Crippen molar-refractivity contribution in [3.05, 3.63) is 23.8 Å². The van der Waals surface area contributed by atoms with Crippen LogP contribution in [0, 0.1) is 5.92 Å². The van der Waals surface area contributed by atoms with Crippen molar-refractivity contribution >= 4 is 23.6 Å². The Bertz CT molecular complexity index is 561. The maximum absolute atomic E-state index is 12.2. The molecule has 98 valence electrons. The number of amides is 4. The molecule has 2 fully saturated rings. The zero-order valence-electron chi connectivity index (χ0n) is 10.1. The fourth-order valence-corrected chi connectivity index (χ4v) is 2.71. The zero-order valence-corrected chi connectivity index (χ0v) is 10.1.